The maximum absolute atomic E-state index is 12.1. The molecule has 0 bridgehead atoms. The molecule has 1 aliphatic rings. The zero-order chi connectivity index (χ0) is 19.4. The minimum Gasteiger partial charge on any atom is -0.456 e. The van der Waals surface area contributed by atoms with Crippen molar-refractivity contribution < 1.29 is 19.1 Å². The molecule has 3 heterocycles. The first-order chi connectivity index (χ1) is 13.0. The standard InChI is InChI=1S/C17H23N5O4S/c1-11-13(12(2)22-16(18-11)19-17(20-22)27-3)4-5-15(24)26-10-14(23)21-6-8-25-9-7-21/h4-10H2,1-3H3. The molecule has 0 radical (unpaired) electrons. The van der Waals surface area contributed by atoms with Crippen molar-refractivity contribution in [3.63, 3.8) is 0 Å². The van der Waals surface area contributed by atoms with E-state index in [2.05, 4.69) is 15.1 Å². The molecule has 146 valence electrons. The smallest absolute Gasteiger partial charge is 0.306 e. The molecule has 2 aromatic heterocycles. The number of nitrogens with zero attached hydrogens (tertiary/aromatic N) is 5. The Kier molecular flexibility index (Phi) is 6.27. The number of fused-ring (bicyclic) bond motifs is 1. The van der Waals surface area contributed by atoms with E-state index in [1.54, 1.807) is 9.42 Å². The number of thioether (sulfide) groups is 1. The van der Waals surface area contributed by atoms with E-state index in [1.807, 2.05) is 20.1 Å². The average Bonchev–Trinajstić information content (AvgIpc) is 3.10. The zero-order valence-electron chi connectivity index (χ0n) is 15.7. The lowest BCUT2D eigenvalue weighted by molar-refractivity contribution is -0.153. The number of morpholine rings is 1. The second kappa shape index (κ2) is 8.66. The molecular formula is C17H23N5O4S. The van der Waals surface area contributed by atoms with Crippen molar-refractivity contribution in [2.45, 2.75) is 31.8 Å². The van der Waals surface area contributed by atoms with E-state index in [0.717, 1.165) is 17.0 Å². The molecule has 0 N–H and O–H groups in total. The summed E-state index contributed by atoms with van der Waals surface area (Å²) >= 11 is 1.45. The van der Waals surface area contributed by atoms with Gasteiger partial charge in [0, 0.05) is 30.9 Å². The predicted octanol–water partition coefficient (Wildman–Crippen LogP) is 0.798. The van der Waals surface area contributed by atoms with Gasteiger partial charge in [-0.25, -0.2) is 9.50 Å². The van der Waals surface area contributed by atoms with E-state index >= 15 is 0 Å². The second-order valence-corrected chi connectivity index (χ2v) is 7.00. The number of carbonyl (C=O) groups is 2. The van der Waals surface area contributed by atoms with Gasteiger partial charge < -0.3 is 14.4 Å². The molecule has 27 heavy (non-hydrogen) atoms. The summed E-state index contributed by atoms with van der Waals surface area (Å²) in [6.07, 6.45) is 2.56. The van der Waals surface area contributed by atoms with Crippen LogP contribution < -0.4 is 0 Å². The Hall–Kier alpha value is -2.20. The Morgan fingerprint density at radius 1 is 1.22 bits per heavy atom. The Labute approximate surface area is 161 Å². The number of hydrogen-bond acceptors (Lipinski definition) is 8. The van der Waals surface area contributed by atoms with Gasteiger partial charge in [-0.05, 0) is 32.1 Å². The van der Waals surface area contributed by atoms with Gasteiger partial charge in [-0.2, -0.15) is 4.98 Å². The van der Waals surface area contributed by atoms with Crippen molar-refractivity contribution in [2.24, 2.45) is 0 Å². The van der Waals surface area contributed by atoms with Gasteiger partial charge in [0.1, 0.15) is 0 Å². The molecule has 1 amide bonds. The fourth-order valence-corrected chi connectivity index (χ4v) is 3.32. The third kappa shape index (κ3) is 4.56. The van der Waals surface area contributed by atoms with Gasteiger partial charge in [0.15, 0.2) is 6.61 Å². The van der Waals surface area contributed by atoms with Crippen molar-refractivity contribution in [2.75, 3.05) is 39.2 Å². The Morgan fingerprint density at radius 3 is 2.67 bits per heavy atom. The second-order valence-electron chi connectivity index (χ2n) is 6.23. The molecule has 3 rings (SSSR count). The third-order valence-electron chi connectivity index (χ3n) is 4.51. The molecule has 0 atom stereocenters. The summed E-state index contributed by atoms with van der Waals surface area (Å²) in [5, 5.41) is 5.06. The van der Waals surface area contributed by atoms with Gasteiger partial charge >= 0.3 is 5.97 Å². The van der Waals surface area contributed by atoms with Crippen LogP contribution in [0.5, 0.6) is 0 Å². The van der Waals surface area contributed by atoms with Gasteiger partial charge in [-0.3, -0.25) is 9.59 Å². The number of rotatable bonds is 6. The molecule has 10 heteroatoms. The van der Waals surface area contributed by atoms with Crippen LogP contribution in [0.15, 0.2) is 5.16 Å². The van der Waals surface area contributed by atoms with Crippen LogP contribution in [0.1, 0.15) is 23.4 Å². The van der Waals surface area contributed by atoms with E-state index < -0.39 is 5.97 Å². The van der Waals surface area contributed by atoms with Gasteiger partial charge in [0.25, 0.3) is 11.7 Å². The Balaban J connectivity index is 1.57. The van der Waals surface area contributed by atoms with Crippen molar-refractivity contribution in [3.8, 4) is 0 Å². The van der Waals surface area contributed by atoms with Crippen molar-refractivity contribution >= 4 is 29.4 Å². The fraction of sp³-hybridized carbons (Fsp3) is 0.588. The summed E-state index contributed by atoms with van der Waals surface area (Å²) in [4.78, 5) is 34.6. The minimum atomic E-state index is -0.404. The highest BCUT2D eigenvalue weighted by Gasteiger charge is 2.19. The highest BCUT2D eigenvalue weighted by molar-refractivity contribution is 7.98. The Morgan fingerprint density at radius 2 is 1.96 bits per heavy atom. The quantitative estimate of drug-likeness (QED) is 0.525. The van der Waals surface area contributed by atoms with E-state index in [4.69, 9.17) is 9.47 Å². The molecule has 0 spiro atoms. The van der Waals surface area contributed by atoms with Crippen LogP contribution in [0.25, 0.3) is 5.78 Å². The monoisotopic (exact) mass is 393 g/mol. The first-order valence-electron chi connectivity index (χ1n) is 8.77. The molecule has 9 nitrogen and oxygen atoms in total. The fourth-order valence-electron chi connectivity index (χ4n) is 2.98. The SMILES string of the molecule is CSc1nc2nc(C)c(CCC(=O)OCC(=O)N3CCOCC3)c(C)n2n1. The summed E-state index contributed by atoms with van der Waals surface area (Å²) in [6.45, 7) is 5.72. The van der Waals surface area contributed by atoms with Crippen molar-refractivity contribution in [3.05, 3.63) is 17.0 Å². The van der Waals surface area contributed by atoms with Crippen molar-refractivity contribution in [1.29, 1.82) is 0 Å². The molecule has 0 aromatic carbocycles. The summed E-state index contributed by atoms with van der Waals surface area (Å²) in [5.74, 6) is -0.0370. The van der Waals surface area contributed by atoms with Crippen LogP contribution in [-0.2, 0) is 25.5 Å². The van der Waals surface area contributed by atoms with Crippen LogP contribution in [0.3, 0.4) is 0 Å². The number of amides is 1. The zero-order valence-corrected chi connectivity index (χ0v) is 16.5. The minimum absolute atomic E-state index is 0.176. The maximum atomic E-state index is 12.1. The normalized spacial score (nSPS) is 14.6. The highest BCUT2D eigenvalue weighted by atomic mass is 32.2. The summed E-state index contributed by atoms with van der Waals surface area (Å²) < 4.78 is 12.0. The van der Waals surface area contributed by atoms with E-state index in [9.17, 15) is 9.59 Å². The van der Waals surface area contributed by atoms with Gasteiger partial charge in [-0.1, -0.05) is 11.8 Å². The van der Waals surface area contributed by atoms with Crippen LogP contribution in [0, 0.1) is 13.8 Å². The largest absolute Gasteiger partial charge is 0.456 e. The van der Waals surface area contributed by atoms with Gasteiger partial charge in [-0.15, -0.1) is 5.10 Å². The Bertz CT molecular complexity index is 847. The first-order valence-corrected chi connectivity index (χ1v) is 10.00. The molecule has 0 aliphatic carbocycles. The molecular weight excluding hydrogens is 370 g/mol. The predicted molar refractivity (Wildman–Crippen MR) is 98.7 cm³/mol. The molecule has 1 fully saturated rings. The highest BCUT2D eigenvalue weighted by Crippen LogP contribution is 2.18. The van der Waals surface area contributed by atoms with E-state index in [1.165, 1.54) is 11.8 Å². The molecule has 1 aliphatic heterocycles. The van der Waals surface area contributed by atoms with Crippen molar-refractivity contribution in [1.82, 2.24) is 24.5 Å². The number of esters is 1. The summed E-state index contributed by atoms with van der Waals surface area (Å²) in [5.41, 5.74) is 2.66. The molecule has 0 saturated carbocycles. The maximum Gasteiger partial charge on any atom is 0.306 e. The number of ether oxygens (including phenoxy) is 2. The van der Waals surface area contributed by atoms with Gasteiger partial charge in [0.2, 0.25) is 5.16 Å². The lowest BCUT2D eigenvalue weighted by Gasteiger charge is -2.26. The number of aryl methyl sites for hydroxylation is 2. The van der Waals surface area contributed by atoms with Crippen LogP contribution >= 0.6 is 11.8 Å². The lowest BCUT2D eigenvalue weighted by atomic mass is 10.1. The molecule has 2 aromatic rings. The third-order valence-corrected chi connectivity index (χ3v) is 5.05. The van der Waals surface area contributed by atoms with Crippen LogP contribution in [0.2, 0.25) is 0 Å². The average molecular weight is 393 g/mol. The first kappa shape index (κ1) is 19.6. The molecule has 1 saturated heterocycles. The van der Waals surface area contributed by atoms with Crippen LogP contribution in [-0.4, -0.2) is 75.5 Å². The number of carbonyl (C=O) groups excluding carboxylic acids is 2. The van der Waals surface area contributed by atoms with Gasteiger partial charge in [0.05, 0.1) is 13.2 Å². The van der Waals surface area contributed by atoms with Crippen LogP contribution in [0.4, 0.5) is 0 Å². The van der Waals surface area contributed by atoms with E-state index in [0.29, 0.717) is 43.7 Å². The summed E-state index contributed by atoms with van der Waals surface area (Å²) in [7, 11) is 0. The molecule has 0 unspecified atom stereocenters. The number of aromatic nitrogens is 4. The lowest BCUT2D eigenvalue weighted by Crippen LogP contribution is -2.42. The van der Waals surface area contributed by atoms with E-state index in [-0.39, 0.29) is 18.9 Å². The topological polar surface area (TPSA) is 98.9 Å². The summed E-state index contributed by atoms with van der Waals surface area (Å²) in [6, 6.07) is 0. The number of hydrogen-bond donors (Lipinski definition) is 0.